The largest absolute Gasteiger partial charge is 0.384 e. The second-order valence-electron chi connectivity index (χ2n) is 6.75. The van der Waals surface area contributed by atoms with Crippen LogP contribution in [0.1, 0.15) is 18.4 Å². The molecule has 0 aliphatic carbocycles. The third-order valence-corrected chi connectivity index (χ3v) is 5.03. The Kier molecular flexibility index (Phi) is 4.65. The molecule has 1 saturated heterocycles. The summed E-state index contributed by atoms with van der Waals surface area (Å²) in [7, 11) is 1.79. The Morgan fingerprint density at radius 1 is 1.08 bits per heavy atom. The summed E-state index contributed by atoms with van der Waals surface area (Å²) in [5.74, 6) is 1.68. The molecule has 4 rings (SSSR count). The number of hydrogen-bond acceptors (Lipinski definition) is 4. The van der Waals surface area contributed by atoms with Crippen molar-refractivity contribution in [3.05, 3.63) is 54.5 Å². The third-order valence-electron chi connectivity index (χ3n) is 5.03. The van der Waals surface area contributed by atoms with E-state index < -0.39 is 0 Å². The quantitative estimate of drug-likeness (QED) is 0.717. The number of nitrogens with zero attached hydrogens (tertiary/aromatic N) is 4. The number of anilines is 1. The van der Waals surface area contributed by atoms with Gasteiger partial charge in [-0.05, 0) is 30.4 Å². The molecule has 0 unspecified atom stereocenters. The number of methoxy groups -OCH3 is 1. The molecule has 0 bridgehead atoms. The molecule has 5 heteroatoms. The number of rotatable bonds is 5. The van der Waals surface area contributed by atoms with Crippen molar-refractivity contribution in [2.24, 2.45) is 5.92 Å². The van der Waals surface area contributed by atoms with Crippen LogP contribution in [0.4, 0.5) is 5.82 Å². The van der Waals surface area contributed by atoms with Crippen molar-refractivity contribution in [1.29, 1.82) is 0 Å². The second kappa shape index (κ2) is 7.23. The molecule has 1 aromatic carbocycles. The molecule has 0 spiro atoms. The van der Waals surface area contributed by atoms with E-state index in [-0.39, 0.29) is 0 Å². The van der Waals surface area contributed by atoms with Crippen LogP contribution < -0.4 is 4.90 Å². The number of imidazole rings is 1. The number of piperidine rings is 1. The first-order chi connectivity index (χ1) is 12.3. The molecule has 0 radical (unpaired) electrons. The van der Waals surface area contributed by atoms with Crippen molar-refractivity contribution in [2.75, 3.05) is 31.7 Å². The molecule has 3 heterocycles. The fourth-order valence-electron chi connectivity index (χ4n) is 3.66. The Hall–Kier alpha value is -2.40. The maximum absolute atomic E-state index is 5.30. The lowest BCUT2D eigenvalue weighted by atomic mass is 9.98. The van der Waals surface area contributed by atoms with Gasteiger partial charge in [-0.15, -0.1) is 0 Å². The Balaban J connectivity index is 1.57. The van der Waals surface area contributed by atoms with E-state index in [4.69, 9.17) is 4.74 Å². The summed E-state index contributed by atoms with van der Waals surface area (Å²) in [5.41, 5.74) is 3.43. The van der Waals surface area contributed by atoms with Gasteiger partial charge in [0.05, 0.1) is 11.8 Å². The Morgan fingerprint density at radius 3 is 2.64 bits per heavy atom. The summed E-state index contributed by atoms with van der Waals surface area (Å²) in [5, 5.41) is 0. The molecule has 130 valence electrons. The molecule has 25 heavy (non-hydrogen) atoms. The smallest absolute Gasteiger partial charge is 0.156 e. The van der Waals surface area contributed by atoms with Gasteiger partial charge < -0.3 is 14.2 Å². The molecule has 5 nitrogen and oxygen atoms in total. The van der Waals surface area contributed by atoms with Gasteiger partial charge in [-0.3, -0.25) is 0 Å². The monoisotopic (exact) mass is 336 g/mol. The lowest BCUT2D eigenvalue weighted by Gasteiger charge is -2.32. The van der Waals surface area contributed by atoms with Crippen LogP contribution in [0, 0.1) is 5.92 Å². The first kappa shape index (κ1) is 16.1. The SMILES string of the molecule is COCC1CCN(c2nccc3c2ncn3Cc2ccccc2)CC1. The Labute approximate surface area is 148 Å². The lowest BCUT2D eigenvalue weighted by molar-refractivity contribution is 0.139. The average molecular weight is 336 g/mol. The van der Waals surface area contributed by atoms with E-state index in [9.17, 15) is 0 Å². The zero-order valence-electron chi connectivity index (χ0n) is 14.6. The van der Waals surface area contributed by atoms with Gasteiger partial charge in [-0.1, -0.05) is 30.3 Å². The molecule has 0 saturated carbocycles. The second-order valence-corrected chi connectivity index (χ2v) is 6.75. The fraction of sp³-hybridized carbons (Fsp3) is 0.400. The minimum atomic E-state index is 0.663. The molecular formula is C20H24N4O. The van der Waals surface area contributed by atoms with E-state index in [0.717, 1.165) is 55.9 Å². The van der Waals surface area contributed by atoms with Gasteiger partial charge in [-0.25, -0.2) is 9.97 Å². The Morgan fingerprint density at radius 2 is 1.88 bits per heavy atom. The molecule has 1 aliphatic rings. The van der Waals surface area contributed by atoms with E-state index >= 15 is 0 Å². The number of benzene rings is 1. The van der Waals surface area contributed by atoms with Gasteiger partial charge in [0.1, 0.15) is 5.52 Å². The van der Waals surface area contributed by atoms with Crippen molar-refractivity contribution in [1.82, 2.24) is 14.5 Å². The van der Waals surface area contributed by atoms with Gasteiger partial charge in [0, 0.05) is 39.5 Å². The molecule has 1 fully saturated rings. The van der Waals surface area contributed by atoms with Crippen LogP contribution in [0.5, 0.6) is 0 Å². The third kappa shape index (κ3) is 3.37. The minimum absolute atomic E-state index is 0.663. The number of ether oxygens (including phenoxy) is 1. The zero-order chi connectivity index (χ0) is 17.1. The van der Waals surface area contributed by atoms with Crippen molar-refractivity contribution < 1.29 is 4.74 Å². The first-order valence-corrected chi connectivity index (χ1v) is 8.93. The summed E-state index contributed by atoms with van der Waals surface area (Å²) in [6.07, 6.45) is 6.13. The van der Waals surface area contributed by atoms with Crippen LogP contribution in [0.2, 0.25) is 0 Å². The molecule has 1 aliphatic heterocycles. The highest BCUT2D eigenvalue weighted by Crippen LogP contribution is 2.27. The summed E-state index contributed by atoms with van der Waals surface area (Å²) in [6, 6.07) is 12.6. The number of hydrogen-bond donors (Lipinski definition) is 0. The summed E-state index contributed by atoms with van der Waals surface area (Å²) in [4.78, 5) is 11.7. The van der Waals surface area contributed by atoms with Gasteiger partial charge in [0.25, 0.3) is 0 Å². The summed E-state index contributed by atoms with van der Waals surface area (Å²) >= 11 is 0. The standard InChI is InChI=1S/C20H24N4O/c1-25-14-17-8-11-23(12-9-17)20-19-18(7-10-21-20)24(15-22-19)13-16-5-3-2-4-6-16/h2-7,10,15,17H,8-9,11-14H2,1H3. The molecular weight excluding hydrogens is 312 g/mol. The maximum Gasteiger partial charge on any atom is 0.156 e. The van der Waals surface area contributed by atoms with Crippen LogP contribution >= 0.6 is 0 Å². The minimum Gasteiger partial charge on any atom is -0.384 e. The highest BCUT2D eigenvalue weighted by atomic mass is 16.5. The first-order valence-electron chi connectivity index (χ1n) is 8.93. The highest BCUT2D eigenvalue weighted by Gasteiger charge is 2.22. The maximum atomic E-state index is 5.30. The predicted molar refractivity (Wildman–Crippen MR) is 99.9 cm³/mol. The van der Waals surface area contributed by atoms with E-state index in [1.807, 2.05) is 18.6 Å². The fourth-order valence-corrected chi connectivity index (χ4v) is 3.66. The van der Waals surface area contributed by atoms with E-state index in [0.29, 0.717) is 5.92 Å². The van der Waals surface area contributed by atoms with Crippen molar-refractivity contribution in [3.63, 3.8) is 0 Å². The zero-order valence-corrected chi connectivity index (χ0v) is 14.6. The predicted octanol–water partition coefficient (Wildman–Crippen LogP) is 3.34. The van der Waals surface area contributed by atoms with E-state index in [2.05, 4.69) is 49.8 Å². The van der Waals surface area contributed by atoms with Gasteiger partial charge in [0.2, 0.25) is 0 Å². The van der Waals surface area contributed by atoms with Crippen LogP contribution in [0.3, 0.4) is 0 Å². The number of fused-ring (bicyclic) bond motifs is 1. The number of pyridine rings is 1. The van der Waals surface area contributed by atoms with Crippen LogP contribution in [-0.4, -0.2) is 41.3 Å². The van der Waals surface area contributed by atoms with Crippen LogP contribution in [-0.2, 0) is 11.3 Å². The topological polar surface area (TPSA) is 43.2 Å². The van der Waals surface area contributed by atoms with Crippen molar-refractivity contribution >= 4 is 16.9 Å². The molecule has 0 atom stereocenters. The van der Waals surface area contributed by atoms with Crippen LogP contribution in [0.15, 0.2) is 48.9 Å². The molecule has 3 aromatic rings. The normalized spacial score (nSPS) is 15.8. The van der Waals surface area contributed by atoms with Gasteiger partial charge in [-0.2, -0.15) is 0 Å². The van der Waals surface area contributed by atoms with E-state index in [1.165, 1.54) is 5.56 Å². The van der Waals surface area contributed by atoms with Crippen molar-refractivity contribution in [2.45, 2.75) is 19.4 Å². The van der Waals surface area contributed by atoms with Gasteiger partial charge >= 0.3 is 0 Å². The average Bonchev–Trinajstić information content (AvgIpc) is 3.07. The molecule has 0 amide bonds. The number of aromatic nitrogens is 3. The van der Waals surface area contributed by atoms with Crippen molar-refractivity contribution in [3.8, 4) is 0 Å². The molecule has 2 aromatic heterocycles. The van der Waals surface area contributed by atoms with Crippen LogP contribution in [0.25, 0.3) is 11.0 Å². The molecule has 0 N–H and O–H groups in total. The Bertz CT molecular complexity index is 822. The van der Waals surface area contributed by atoms with E-state index in [1.54, 1.807) is 7.11 Å². The van der Waals surface area contributed by atoms with Gasteiger partial charge in [0.15, 0.2) is 5.82 Å². The lowest BCUT2D eigenvalue weighted by Crippen LogP contribution is -2.35. The highest BCUT2D eigenvalue weighted by molar-refractivity contribution is 5.86. The summed E-state index contributed by atoms with van der Waals surface area (Å²) < 4.78 is 7.50. The summed E-state index contributed by atoms with van der Waals surface area (Å²) in [6.45, 7) is 3.73.